The summed E-state index contributed by atoms with van der Waals surface area (Å²) in [6.45, 7) is 2.90. The molecule has 0 aromatic heterocycles. The zero-order chi connectivity index (χ0) is 18.4. The Morgan fingerprint density at radius 2 is 1.77 bits per heavy atom. The first kappa shape index (κ1) is 17.8. The van der Waals surface area contributed by atoms with Crippen LogP contribution in [-0.2, 0) is 13.2 Å². The van der Waals surface area contributed by atoms with E-state index in [0.717, 1.165) is 11.3 Å². The van der Waals surface area contributed by atoms with Crippen LogP contribution in [0.25, 0.3) is 0 Å². The number of hydrogen-bond acceptors (Lipinski definition) is 3. The second-order valence-corrected chi connectivity index (χ2v) is 6.09. The van der Waals surface area contributed by atoms with Crippen LogP contribution in [-0.4, -0.2) is 7.11 Å². The first-order chi connectivity index (χ1) is 12.7. The number of aryl methyl sites for hydroxylation is 1. The molecule has 0 spiro atoms. The van der Waals surface area contributed by atoms with Crippen LogP contribution in [0.15, 0.2) is 66.7 Å². The lowest BCUT2D eigenvalue weighted by atomic mass is 10.1. The fourth-order valence-electron chi connectivity index (χ4n) is 2.67. The number of anilines is 1. The molecule has 0 radical (unpaired) electrons. The van der Waals surface area contributed by atoms with E-state index in [4.69, 9.17) is 9.47 Å². The summed E-state index contributed by atoms with van der Waals surface area (Å²) < 4.78 is 24.9. The second-order valence-electron chi connectivity index (χ2n) is 6.09. The quantitative estimate of drug-likeness (QED) is 0.624. The zero-order valence-corrected chi connectivity index (χ0v) is 15.0. The Morgan fingerprint density at radius 3 is 2.54 bits per heavy atom. The highest BCUT2D eigenvalue weighted by atomic mass is 19.1. The van der Waals surface area contributed by atoms with Crippen LogP contribution in [0.5, 0.6) is 11.5 Å². The van der Waals surface area contributed by atoms with Crippen LogP contribution in [0.4, 0.5) is 10.1 Å². The molecule has 4 heteroatoms. The lowest BCUT2D eigenvalue weighted by Gasteiger charge is -2.13. The van der Waals surface area contributed by atoms with Gasteiger partial charge in [-0.3, -0.25) is 0 Å². The molecule has 3 aromatic carbocycles. The molecule has 0 saturated heterocycles. The molecule has 0 bridgehead atoms. The highest BCUT2D eigenvalue weighted by molar-refractivity contribution is 5.48. The summed E-state index contributed by atoms with van der Waals surface area (Å²) in [7, 11) is 1.60. The Bertz CT molecular complexity index is 880. The minimum atomic E-state index is -0.273. The molecular formula is C22H22FNO2. The van der Waals surface area contributed by atoms with Crippen molar-refractivity contribution in [2.24, 2.45) is 0 Å². The molecule has 0 aliphatic rings. The van der Waals surface area contributed by atoms with Gasteiger partial charge in [0.05, 0.1) is 7.11 Å². The molecule has 26 heavy (non-hydrogen) atoms. The summed E-state index contributed by atoms with van der Waals surface area (Å²) in [6.07, 6.45) is 0. The Labute approximate surface area is 153 Å². The summed E-state index contributed by atoms with van der Waals surface area (Å²) in [4.78, 5) is 0. The number of nitrogens with one attached hydrogen (secondary N) is 1. The third-order valence-corrected chi connectivity index (χ3v) is 4.08. The van der Waals surface area contributed by atoms with Crippen molar-refractivity contribution in [3.05, 3.63) is 89.2 Å². The second kappa shape index (κ2) is 8.39. The third kappa shape index (κ3) is 4.54. The maximum atomic E-state index is 13.7. The minimum Gasteiger partial charge on any atom is -0.493 e. The molecule has 3 rings (SSSR count). The lowest BCUT2D eigenvalue weighted by Crippen LogP contribution is -2.02. The monoisotopic (exact) mass is 351 g/mol. The number of halogens is 1. The van der Waals surface area contributed by atoms with E-state index >= 15 is 0 Å². The smallest absolute Gasteiger partial charge is 0.161 e. The predicted octanol–water partition coefficient (Wildman–Crippen LogP) is 5.33. The van der Waals surface area contributed by atoms with Crippen molar-refractivity contribution in [1.29, 1.82) is 0 Å². The Hall–Kier alpha value is -3.01. The van der Waals surface area contributed by atoms with Gasteiger partial charge in [-0.15, -0.1) is 0 Å². The molecule has 0 amide bonds. The molecule has 0 aliphatic carbocycles. The van der Waals surface area contributed by atoms with E-state index in [1.54, 1.807) is 25.3 Å². The topological polar surface area (TPSA) is 30.5 Å². The summed E-state index contributed by atoms with van der Waals surface area (Å²) in [5.41, 5.74) is 3.87. The van der Waals surface area contributed by atoms with Gasteiger partial charge >= 0.3 is 0 Å². The maximum Gasteiger partial charge on any atom is 0.161 e. The Balaban J connectivity index is 1.66. The number of hydrogen-bond donors (Lipinski definition) is 1. The Kier molecular flexibility index (Phi) is 5.74. The summed E-state index contributed by atoms with van der Waals surface area (Å²) >= 11 is 0. The maximum absolute atomic E-state index is 13.7. The summed E-state index contributed by atoms with van der Waals surface area (Å²) in [5, 5.41) is 3.39. The van der Waals surface area contributed by atoms with Crippen molar-refractivity contribution >= 4 is 5.69 Å². The van der Waals surface area contributed by atoms with Crippen molar-refractivity contribution in [2.45, 2.75) is 20.1 Å². The van der Waals surface area contributed by atoms with Gasteiger partial charge in [0.2, 0.25) is 0 Å². The first-order valence-electron chi connectivity index (χ1n) is 8.49. The third-order valence-electron chi connectivity index (χ3n) is 4.08. The van der Waals surface area contributed by atoms with Crippen molar-refractivity contribution in [2.75, 3.05) is 12.4 Å². The van der Waals surface area contributed by atoms with Gasteiger partial charge in [-0.1, -0.05) is 36.4 Å². The molecule has 134 valence electrons. The fraction of sp³-hybridized carbons (Fsp3) is 0.182. The molecule has 0 fully saturated rings. The summed E-state index contributed by atoms with van der Waals surface area (Å²) in [5.74, 6) is 0.949. The molecular weight excluding hydrogens is 329 g/mol. The normalized spacial score (nSPS) is 10.4. The van der Waals surface area contributed by atoms with Crippen LogP contribution in [0, 0.1) is 12.7 Å². The highest BCUT2D eigenvalue weighted by Gasteiger charge is 2.08. The predicted molar refractivity (Wildman–Crippen MR) is 102 cm³/mol. The van der Waals surface area contributed by atoms with Crippen molar-refractivity contribution in [1.82, 2.24) is 0 Å². The zero-order valence-electron chi connectivity index (χ0n) is 15.0. The average Bonchev–Trinajstić information content (AvgIpc) is 2.66. The number of methoxy groups -OCH3 is 1. The molecule has 0 saturated carbocycles. The van der Waals surface area contributed by atoms with Crippen LogP contribution >= 0.6 is 0 Å². The van der Waals surface area contributed by atoms with Gasteiger partial charge in [0.25, 0.3) is 0 Å². The SMILES string of the molecule is COc1cc(CNc2cccc(C)c2)ccc1OCc1ccccc1F. The molecule has 3 nitrogen and oxygen atoms in total. The van der Waals surface area contributed by atoms with Gasteiger partial charge in [0.1, 0.15) is 12.4 Å². The van der Waals surface area contributed by atoms with Gasteiger partial charge in [-0.25, -0.2) is 4.39 Å². The molecule has 0 unspecified atom stereocenters. The Morgan fingerprint density at radius 1 is 0.923 bits per heavy atom. The van der Waals surface area contributed by atoms with Crippen LogP contribution in [0.1, 0.15) is 16.7 Å². The van der Waals surface area contributed by atoms with E-state index in [2.05, 4.69) is 24.4 Å². The first-order valence-corrected chi connectivity index (χ1v) is 8.49. The fourth-order valence-corrected chi connectivity index (χ4v) is 2.67. The van der Waals surface area contributed by atoms with Gasteiger partial charge in [-0.05, 0) is 48.4 Å². The average molecular weight is 351 g/mol. The van der Waals surface area contributed by atoms with E-state index in [9.17, 15) is 4.39 Å². The van der Waals surface area contributed by atoms with Gasteiger partial charge in [-0.2, -0.15) is 0 Å². The molecule has 0 atom stereocenters. The van der Waals surface area contributed by atoms with E-state index < -0.39 is 0 Å². The largest absolute Gasteiger partial charge is 0.493 e. The number of benzene rings is 3. The number of ether oxygens (including phenoxy) is 2. The van der Waals surface area contributed by atoms with Gasteiger partial charge < -0.3 is 14.8 Å². The van der Waals surface area contributed by atoms with E-state index in [1.807, 2.05) is 30.3 Å². The molecule has 1 N–H and O–H groups in total. The van der Waals surface area contributed by atoms with Crippen LogP contribution < -0.4 is 14.8 Å². The van der Waals surface area contributed by atoms with E-state index in [-0.39, 0.29) is 12.4 Å². The van der Waals surface area contributed by atoms with E-state index in [0.29, 0.717) is 23.6 Å². The van der Waals surface area contributed by atoms with Crippen molar-refractivity contribution in [3.63, 3.8) is 0 Å². The van der Waals surface area contributed by atoms with Crippen LogP contribution in [0.3, 0.4) is 0 Å². The molecule has 0 heterocycles. The molecule has 0 aliphatic heterocycles. The lowest BCUT2D eigenvalue weighted by molar-refractivity contribution is 0.279. The molecule has 3 aromatic rings. The van der Waals surface area contributed by atoms with E-state index in [1.165, 1.54) is 11.6 Å². The van der Waals surface area contributed by atoms with Crippen molar-refractivity contribution in [3.8, 4) is 11.5 Å². The number of rotatable bonds is 7. The van der Waals surface area contributed by atoms with Gasteiger partial charge in [0, 0.05) is 17.8 Å². The standard InChI is InChI=1S/C22H22FNO2/c1-16-6-5-8-19(12-16)24-14-17-10-11-21(22(13-17)25-2)26-15-18-7-3-4-9-20(18)23/h3-13,24H,14-15H2,1-2H3. The van der Waals surface area contributed by atoms with Gasteiger partial charge in [0.15, 0.2) is 11.5 Å². The van der Waals surface area contributed by atoms with Crippen molar-refractivity contribution < 1.29 is 13.9 Å². The summed E-state index contributed by atoms with van der Waals surface area (Å²) in [6, 6.07) is 20.6. The minimum absolute atomic E-state index is 0.157. The van der Waals surface area contributed by atoms with Crippen LogP contribution in [0.2, 0.25) is 0 Å². The highest BCUT2D eigenvalue weighted by Crippen LogP contribution is 2.29.